The van der Waals surface area contributed by atoms with Crippen molar-refractivity contribution in [3.63, 3.8) is 0 Å². The molecule has 5 nitrogen and oxygen atoms in total. The number of nitrogens with zero attached hydrogens (tertiary/aromatic N) is 2. The van der Waals surface area contributed by atoms with Gasteiger partial charge in [0.2, 0.25) is 0 Å². The van der Waals surface area contributed by atoms with E-state index in [4.69, 9.17) is 11.0 Å². The zero-order valence-electron chi connectivity index (χ0n) is 11.6. The maximum absolute atomic E-state index is 12.3. The minimum atomic E-state index is -3.39. The molecule has 0 amide bonds. The largest absolute Gasteiger partial charge is 0.353 e. The van der Waals surface area contributed by atoms with Crippen molar-refractivity contribution < 1.29 is 8.42 Å². The van der Waals surface area contributed by atoms with Crippen molar-refractivity contribution in [3.8, 4) is 6.07 Å². The summed E-state index contributed by atoms with van der Waals surface area (Å²) in [6.07, 6.45) is 4.55. The molecule has 2 N–H and O–H groups in total. The summed E-state index contributed by atoms with van der Waals surface area (Å²) < 4.78 is 26.4. The summed E-state index contributed by atoms with van der Waals surface area (Å²) in [7, 11) is -3.39. The van der Waals surface area contributed by atoms with Crippen LogP contribution in [0.2, 0.25) is 0 Å². The highest BCUT2D eigenvalue weighted by Gasteiger charge is 2.14. The highest BCUT2D eigenvalue weighted by Crippen LogP contribution is 2.14. The second-order valence-corrected chi connectivity index (χ2v) is 6.86. The van der Waals surface area contributed by atoms with Gasteiger partial charge in [-0.25, -0.2) is 8.42 Å². The van der Waals surface area contributed by atoms with Gasteiger partial charge in [-0.3, -0.25) is 0 Å². The number of nitrogens with two attached hydrogens (primary N) is 1. The number of sulfone groups is 1. The van der Waals surface area contributed by atoms with Crippen molar-refractivity contribution in [2.75, 3.05) is 12.3 Å². The van der Waals surface area contributed by atoms with Gasteiger partial charge in [0.25, 0.3) is 0 Å². The molecule has 1 aromatic heterocycles. The Bertz CT molecular complexity index is 757. The molecule has 0 fully saturated rings. The van der Waals surface area contributed by atoms with Gasteiger partial charge < -0.3 is 10.3 Å². The van der Waals surface area contributed by atoms with Crippen molar-refractivity contribution in [2.24, 2.45) is 5.73 Å². The molecule has 0 aliphatic heterocycles. The SMILES string of the molecule is N#Cc1cccc(S(=O)(=O)CCn2ccc(CCN)c2)c1. The number of aromatic nitrogens is 1. The second-order valence-electron chi connectivity index (χ2n) is 4.75. The van der Waals surface area contributed by atoms with Crippen molar-refractivity contribution in [3.05, 3.63) is 53.9 Å². The van der Waals surface area contributed by atoms with E-state index in [1.807, 2.05) is 29.1 Å². The first-order valence-electron chi connectivity index (χ1n) is 6.63. The van der Waals surface area contributed by atoms with Crippen LogP contribution in [0.3, 0.4) is 0 Å². The van der Waals surface area contributed by atoms with Gasteiger partial charge in [0.15, 0.2) is 9.84 Å². The van der Waals surface area contributed by atoms with Crippen molar-refractivity contribution in [2.45, 2.75) is 17.9 Å². The number of hydrogen-bond acceptors (Lipinski definition) is 4. The Morgan fingerprint density at radius 1 is 1.29 bits per heavy atom. The van der Waals surface area contributed by atoms with E-state index in [1.54, 1.807) is 12.1 Å². The van der Waals surface area contributed by atoms with Gasteiger partial charge in [0.1, 0.15) is 0 Å². The van der Waals surface area contributed by atoms with E-state index in [1.165, 1.54) is 12.1 Å². The summed E-state index contributed by atoms with van der Waals surface area (Å²) in [4.78, 5) is 0.191. The monoisotopic (exact) mass is 303 g/mol. The average Bonchev–Trinajstić information content (AvgIpc) is 2.93. The Morgan fingerprint density at radius 2 is 2.10 bits per heavy atom. The minimum absolute atomic E-state index is 0.00136. The predicted octanol–water partition coefficient (Wildman–Crippen LogP) is 1.33. The first kappa shape index (κ1) is 15.3. The second kappa shape index (κ2) is 6.57. The molecule has 1 heterocycles. The van der Waals surface area contributed by atoms with Crippen LogP contribution in [0.4, 0.5) is 0 Å². The molecule has 0 aliphatic rings. The Labute approximate surface area is 124 Å². The molecular weight excluding hydrogens is 286 g/mol. The number of aryl methyl sites for hydroxylation is 1. The Balaban J connectivity index is 2.08. The van der Waals surface area contributed by atoms with Crippen molar-refractivity contribution in [1.82, 2.24) is 4.57 Å². The molecule has 0 aliphatic carbocycles. The molecule has 21 heavy (non-hydrogen) atoms. The fraction of sp³-hybridized carbons (Fsp3) is 0.267. The molecule has 0 bridgehead atoms. The lowest BCUT2D eigenvalue weighted by atomic mass is 10.2. The molecule has 0 spiro atoms. The standard InChI is InChI=1S/C15H17N3O2S/c16-6-4-13-5-7-18(12-13)8-9-21(19,20)15-3-1-2-14(10-15)11-17/h1-3,5,7,10,12H,4,6,8-9,16H2. The summed E-state index contributed by atoms with van der Waals surface area (Å²) >= 11 is 0. The van der Waals surface area contributed by atoms with Crippen LogP contribution >= 0.6 is 0 Å². The van der Waals surface area contributed by atoms with E-state index in [2.05, 4.69) is 0 Å². The topological polar surface area (TPSA) is 88.9 Å². The lowest BCUT2D eigenvalue weighted by molar-refractivity contribution is 0.589. The summed E-state index contributed by atoms with van der Waals surface area (Å²) in [6, 6.07) is 9.99. The van der Waals surface area contributed by atoms with Gasteiger partial charge in [-0.1, -0.05) is 6.07 Å². The molecule has 1 aromatic carbocycles. The normalized spacial score (nSPS) is 11.2. The van der Waals surface area contributed by atoms with Gasteiger partial charge in [-0.05, 0) is 42.8 Å². The summed E-state index contributed by atoms with van der Waals surface area (Å²) in [5.74, 6) is -0.00136. The maximum Gasteiger partial charge on any atom is 0.180 e. The van der Waals surface area contributed by atoms with Crippen LogP contribution in [0.25, 0.3) is 0 Å². The van der Waals surface area contributed by atoms with Gasteiger partial charge in [0, 0.05) is 18.9 Å². The summed E-state index contributed by atoms with van der Waals surface area (Å²) in [6.45, 7) is 0.951. The third kappa shape index (κ3) is 3.94. The van der Waals surface area contributed by atoms with Crippen LogP contribution in [0.15, 0.2) is 47.6 Å². The molecule has 2 aromatic rings. The van der Waals surface area contributed by atoms with E-state index in [9.17, 15) is 8.42 Å². The molecule has 0 atom stereocenters. The zero-order chi connectivity index (χ0) is 15.3. The molecule has 6 heteroatoms. The summed E-state index contributed by atoms with van der Waals surface area (Å²) in [5, 5.41) is 8.83. The van der Waals surface area contributed by atoms with Crippen LogP contribution in [-0.4, -0.2) is 25.3 Å². The Kier molecular flexibility index (Phi) is 4.78. The van der Waals surface area contributed by atoms with Crippen molar-refractivity contribution >= 4 is 9.84 Å². The van der Waals surface area contributed by atoms with Gasteiger partial charge in [-0.2, -0.15) is 5.26 Å². The van der Waals surface area contributed by atoms with E-state index < -0.39 is 9.84 Å². The molecule has 0 saturated heterocycles. The summed E-state index contributed by atoms with van der Waals surface area (Å²) in [5.41, 5.74) is 6.93. The third-order valence-electron chi connectivity index (χ3n) is 3.19. The van der Waals surface area contributed by atoms with Crippen LogP contribution in [-0.2, 0) is 22.8 Å². The minimum Gasteiger partial charge on any atom is -0.353 e. The quantitative estimate of drug-likeness (QED) is 0.872. The number of rotatable bonds is 6. The molecule has 2 rings (SSSR count). The number of benzene rings is 1. The molecular formula is C15H17N3O2S. The zero-order valence-corrected chi connectivity index (χ0v) is 12.4. The van der Waals surface area contributed by atoms with Crippen LogP contribution in [0.1, 0.15) is 11.1 Å². The predicted molar refractivity (Wildman–Crippen MR) is 80.4 cm³/mol. The van der Waals surface area contributed by atoms with Crippen molar-refractivity contribution in [1.29, 1.82) is 5.26 Å². The van der Waals surface area contributed by atoms with Gasteiger partial charge >= 0.3 is 0 Å². The van der Waals surface area contributed by atoms with Gasteiger partial charge in [-0.15, -0.1) is 0 Å². The highest BCUT2D eigenvalue weighted by molar-refractivity contribution is 7.91. The molecule has 0 saturated carbocycles. The Morgan fingerprint density at radius 3 is 2.81 bits per heavy atom. The first-order chi connectivity index (χ1) is 10.0. The maximum atomic E-state index is 12.3. The lowest BCUT2D eigenvalue weighted by Crippen LogP contribution is -2.12. The Hall–Kier alpha value is -2.10. The first-order valence-corrected chi connectivity index (χ1v) is 8.28. The fourth-order valence-electron chi connectivity index (χ4n) is 2.05. The molecule has 0 unspecified atom stereocenters. The highest BCUT2D eigenvalue weighted by atomic mass is 32.2. The van der Waals surface area contributed by atoms with Crippen LogP contribution in [0, 0.1) is 11.3 Å². The fourth-order valence-corrected chi connectivity index (χ4v) is 3.33. The van der Waals surface area contributed by atoms with E-state index in [0.717, 1.165) is 12.0 Å². The smallest absolute Gasteiger partial charge is 0.180 e. The third-order valence-corrected chi connectivity index (χ3v) is 4.88. The van der Waals surface area contributed by atoms with E-state index in [0.29, 0.717) is 18.7 Å². The van der Waals surface area contributed by atoms with Gasteiger partial charge in [0.05, 0.1) is 22.3 Å². The molecule has 110 valence electrons. The van der Waals surface area contributed by atoms with Crippen LogP contribution in [0.5, 0.6) is 0 Å². The average molecular weight is 303 g/mol. The molecule has 0 radical (unpaired) electrons. The lowest BCUT2D eigenvalue weighted by Gasteiger charge is -2.06. The van der Waals surface area contributed by atoms with Crippen LogP contribution < -0.4 is 5.73 Å². The van der Waals surface area contributed by atoms with E-state index in [-0.39, 0.29) is 10.6 Å². The number of nitriles is 1. The van der Waals surface area contributed by atoms with E-state index >= 15 is 0 Å². The number of hydrogen-bond donors (Lipinski definition) is 1.